The maximum absolute atomic E-state index is 7.78. The second-order valence-electron chi connectivity index (χ2n) is 1.00. The van der Waals surface area contributed by atoms with Crippen molar-refractivity contribution >= 4 is 0 Å². The Bertz CT molecular complexity index is 32.8. The van der Waals surface area contributed by atoms with Crippen molar-refractivity contribution in [2.45, 2.75) is 0 Å². The van der Waals surface area contributed by atoms with E-state index in [0.717, 1.165) is 0 Å². The predicted molar refractivity (Wildman–Crippen MR) is 29.8 cm³/mol. The van der Waals surface area contributed by atoms with Crippen LogP contribution >= 0.6 is 0 Å². The molecule has 0 unspecified atom stereocenters. The molecule has 0 spiro atoms. The summed E-state index contributed by atoms with van der Waals surface area (Å²) in [6, 6.07) is 0. The third kappa shape index (κ3) is 40.4. The van der Waals surface area contributed by atoms with Gasteiger partial charge in [0.25, 0.3) is 0 Å². The first kappa shape index (κ1) is 16.7. The molecule has 0 aliphatic rings. The summed E-state index contributed by atoms with van der Waals surface area (Å²) in [6.45, 7) is -0.378. The van der Waals surface area contributed by atoms with Gasteiger partial charge < -0.3 is 15.3 Å². The first-order chi connectivity index (χ1) is 4.33. The molecular formula is C4H12CuO5. The number of hydrogen-bond donors (Lipinski definition) is 4. The average Bonchev–Trinajstić information content (AvgIpc) is 1.91. The minimum Gasteiger partial charge on any atom is -0.394 e. The number of aliphatic hydroxyl groups is 3. The summed E-state index contributed by atoms with van der Waals surface area (Å²) in [4.78, 5) is 3.44. The van der Waals surface area contributed by atoms with Crippen molar-refractivity contribution < 1.29 is 42.5 Å². The fourth-order valence-electron chi connectivity index (χ4n) is 0.0408. The molecule has 10 heavy (non-hydrogen) atoms. The van der Waals surface area contributed by atoms with Crippen LogP contribution in [0.1, 0.15) is 0 Å². The van der Waals surface area contributed by atoms with Gasteiger partial charge in [0.2, 0.25) is 0 Å². The van der Waals surface area contributed by atoms with Crippen LogP contribution in [0.3, 0.4) is 0 Å². The Kier molecular flexibility index (Phi) is 38.1. The Morgan fingerprint density at radius 2 is 1.30 bits per heavy atom. The van der Waals surface area contributed by atoms with Gasteiger partial charge in [0.15, 0.2) is 0 Å². The average molecular weight is 204 g/mol. The summed E-state index contributed by atoms with van der Waals surface area (Å²) in [5, 5.41) is 30.4. The Balaban J connectivity index is -0.0000000910. The molecule has 69 valence electrons. The molecule has 0 aromatic rings. The fourth-order valence-corrected chi connectivity index (χ4v) is 0.0408. The Labute approximate surface area is 69.7 Å². The van der Waals surface area contributed by atoms with E-state index in [1.807, 2.05) is 0 Å². The van der Waals surface area contributed by atoms with Crippen molar-refractivity contribution in [1.29, 1.82) is 0 Å². The molecule has 6 heteroatoms. The first-order valence-corrected chi connectivity index (χ1v) is 2.42. The van der Waals surface area contributed by atoms with Crippen LogP contribution in [0.25, 0.3) is 0 Å². The zero-order valence-electron chi connectivity index (χ0n) is 5.33. The number of rotatable bonds is 3. The van der Waals surface area contributed by atoms with E-state index >= 15 is 0 Å². The van der Waals surface area contributed by atoms with E-state index < -0.39 is 0 Å². The van der Waals surface area contributed by atoms with Gasteiger partial charge in [0.05, 0.1) is 19.8 Å². The zero-order valence-corrected chi connectivity index (χ0v) is 6.27. The summed E-state index contributed by atoms with van der Waals surface area (Å²) in [7, 11) is 0. The largest absolute Gasteiger partial charge is 0.394 e. The topological polar surface area (TPSA) is 90.2 Å². The van der Waals surface area contributed by atoms with E-state index in [1.165, 1.54) is 0 Å². The molecule has 0 aromatic heterocycles. The van der Waals surface area contributed by atoms with Crippen molar-refractivity contribution in [2.75, 3.05) is 26.4 Å². The molecule has 0 saturated heterocycles. The van der Waals surface area contributed by atoms with Crippen molar-refractivity contribution in [3.8, 4) is 0 Å². The van der Waals surface area contributed by atoms with Crippen molar-refractivity contribution in [3.05, 3.63) is 0 Å². The van der Waals surface area contributed by atoms with Gasteiger partial charge in [-0.3, -0.25) is 5.26 Å². The molecule has 0 bridgehead atoms. The Morgan fingerprint density at radius 1 is 0.900 bits per heavy atom. The molecule has 0 fully saturated rings. The van der Waals surface area contributed by atoms with E-state index in [9.17, 15) is 0 Å². The molecule has 5 nitrogen and oxygen atoms in total. The summed E-state index contributed by atoms with van der Waals surface area (Å²) in [5.74, 6) is 0. The second kappa shape index (κ2) is 22.8. The minimum absolute atomic E-state index is 0. The van der Waals surface area contributed by atoms with Gasteiger partial charge in [-0.05, 0) is 0 Å². The smallest absolute Gasteiger partial charge is 0.105 e. The van der Waals surface area contributed by atoms with Crippen LogP contribution in [0.2, 0.25) is 0 Å². The van der Waals surface area contributed by atoms with Crippen LogP contribution in [0.5, 0.6) is 0 Å². The standard InChI is InChI=1S/C2H6O3.C2H6O2.Cu/c3-1-2-5-4;3-1-2-4;/h3-4H,1-2H2;3-4H,1-2H2;. The summed E-state index contributed by atoms with van der Waals surface area (Å²) in [5.41, 5.74) is 0. The molecule has 0 aliphatic carbocycles. The van der Waals surface area contributed by atoms with E-state index in [-0.39, 0.29) is 43.5 Å². The van der Waals surface area contributed by atoms with Gasteiger partial charge >= 0.3 is 0 Å². The quantitative estimate of drug-likeness (QED) is 0.253. The molecule has 4 N–H and O–H groups in total. The van der Waals surface area contributed by atoms with Crippen molar-refractivity contribution in [2.24, 2.45) is 0 Å². The van der Waals surface area contributed by atoms with Crippen LogP contribution in [-0.4, -0.2) is 47.0 Å². The Morgan fingerprint density at radius 3 is 1.30 bits per heavy atom. The van der Waals surface area contributed by atoms with Gasteiger partial charge in [-0.2, -0.15) is 0 Å². The van der Waals surface area contributed by atoms with Crippen LogP contribution in [-0.2, 0) is 22.0 Å². The van der Waals surface area contributed by atoms with E-state index in [4.69, 9.17) is 20.6 Å². The normalized spacial score (nSPS) is 7.20. The monoisotopic (exact) mass is 203 g/mol. The summed E-state index contributed by atoms with van der Waals surface area (Å²) in [6.07, 6.45) is 0. The fraction of sp³-hybridized carbons (Fsp3) is 1.00. The Hall–Kier alpha value is 0.319. The molecule has 0 saturated carbocycles. The van der Waals surface area contributed by atoms with Crippen LogP contribution in [0, 0.1) is 0 Å². The molecule has 0 heterocycles. The molecule has 0 atom stereocenters. The summed E-state index contributed by atoms with van der Waals surface area (Å²) >= 11 is 0. The van der Waals surface area contributed by atoms with Crippen molar-refractivity contribution in [1.82, 2.24) is 0 Å². The van der Waals surface area contributed by atoms with E-state index in [1.54, 1.807) is 0 Å². The SMILES string of the molecule is OCCO.OCCOO.[Cu]. The van der Waals surface area contributed by atoms with Gasteiger partial charge in [0, 0.05) is 17.1 Å². The predicted octanol–water partition coefficient (Wildman–Crippen LogP) is -1.56. The van der Waals surface area contributed by atoms with Crippen LogP contribution < -0.4 is 0 Å². The van der Waals surface area contributed by atoms with Gasteiger partial charge in [-0.25, -0.2) is 4.89 Å². The maximum atomic E-state index is 7.78. The summed E-state index contributed by atoms with van der Waals surface area (Å²) < 4.78 is 0. The van der Waals surface area contributed by atoms with Gasteiger partial charge in [-0.15, -0.1) is 0 Å². The molecule has 1 radical (unpaired) electrons. The van der Waals surface area contributed by atoms with E-state index in [0.29, 0.717) is 0 Å². The minimum atomic E-state index is -0.128. The van der Waals surface area contributed by atoms with Crippen molar-refractivity contribution in [3.63, 3.8) is 0 Å². The second-order valence-corrected chi connectivity index (χ2v) is 1.00. The van der Waals surface area contributed by atoms with Crippen LogP contribution in [0.4, 0.5) is 0 Å². The number of hydrogen-bond acceptors (Lipinski definition) is 5. The molecule has 0 aliphatic heterocycles. The molecule has 0 aromatic carbocycles. The molecular weight excluding hydrogens is 192 g/mol. The van der Waals surface area contributed by atoms with E-state index in [2.05, 4.69) is 4.89 Å². The molecule has 0 rings (SSSR count). The number of aliphatic hydroxyl groups excluding tert-OH is 3. The zero-order chi connectivity index (χ0) is 7.54. The first-order valence-electron chi connectivity index (χ1n) is 2.42. The molecule has 0 amide bonds. The van der Waals surface area contributed by atoms with Gasteiger partial charge in [-0.1, -0.05) is 0 Å². The maximum Gasteiger partial charge on any atom is 0.105 e. The van der Waals surface area contributed by atoms with Crippen LogP contribution in [0.15, 0.2) is 0 Å². The third-order valence-corrected chi connectivity index (χ3v) is 0.283. The third-order valence-electron chi connectivity index (χ3n) is 0.283. The van der Waals surface area contributed by atoms with Gasteiger partial charge in [0.1, 0.15) is 6.61 Å².